The summed E-state index contributed by atoms with van der Waals surface area (Å²) >= 11 is 0. The van der Waals surface area contributed by atoms with E-state index in [-0.39, 0.29) is 11.6 Å². The highest BCUT2D eigenvalue weighted by Crippen LogP contribution is 2.35. The number of rotatable bonds is 5. The van der Waals surface area contributed by atoms with Crippen LogP contribution in [0.4, 0.5) is 5.69 Å². The molecule has 0 aliphatic carbocycles. The first-order chi connectivity index (χ1) is 11.6. The molecule has 0 N–H and O–H groups in total. The molecule has 0 saturated heterocycles. The van der Waals surface area contributed by atoms with Gasteiger partial charge in [-0.05, 0) is 36.4 Å². The number of ether oxygens (including phenoxy) is 2. The van der Waals surface area contributed by atoms with Crippen molar-refractivity contribution in [3.63, 3.8) is 0 Å². The molecule has 0 atom stereocenters. The predicted molar refractivity (Wildman–Crippen MR) is 87.1 cm³/mol. The van der Waals surface area contributed by atoms with Crippen LogP contribution in [0.5, 0.6) is 11.7 Å². The Morgan fingerprint density at radius 1 is 0.958 bits per heavy atom. The summed E-state index contributed by atoms with van der Waals surface area (Å²) in [6.45, 7) is 0. The van der Waals surface area contributed by atoms with Crippen LogP contribution in [-0.2, 0) is 0 Å². The lowest BCUT2D eigenvalue weighted by Crippen LogP contribution is -1.88. The van der Waals surface area contributed by atoms with Crippen LogP contribution in [-0.4, -0.2) is 24.1 Å². The van der Waals surface area contributed by atoms with E-state index < -0.39 is 4.92 Å². The minimum Gasteiger partial charge on any atom is -0.497 e. The van der Waals surface area contributed by atoms with Gasteiger partial charge in [0.1, 0.15) is 5.75 Å². The van der Waals surface area contributed by atoms with Gasteiger partial charge < -0.3 is 13.9 Å². The zero-order valence-electron chi connectivity index (χ0n) is 13.1. The molecule has 3 aromatic rings. The van der Waals surface area contributed by atoms with E-state index in [0.29, 0.717) is 17.1 Å². The van der Waals surface area contributed by atoms with E-state index in [9.17, 15) is 10.1 Å². The van der Waals surface area contributed by atoms with Gasteiger partial charge in [0.25, 0.3) is 5.69 Å². The van der Waals surface area contributed by atoms with E-state index in [2.05, 4.69) is 4.98 Å². The van der Waals surface area contributed by atoms with Crippen molar-refractivity contribution in [3.05, 3.63) is 58.6 Å². The van der Waals surface area contributed by atoms with Crippen molar-refractivity contribution in [2.24, 2.45) is 0 Å². The van der Waals surface area contributed by atoms with Crippen LogP contribution in [0.1, 0.15) is 0 Å². The van der Waals surface area contributed by atoms with Gasteiger partial charge in [0.15, 0.2) is 5.69 Å². The van der Waals surface area contributed by atoms with Crippen molar-refractivity contribution in [2.75, 3.05) is 14.2 Å². The molecule has 3 rings (SSSR count). The third-order valence-electron chi connectivity index (χ3n) is 3.47. The molecule has 0 fully saturated rings. The molecule has 1 aromatic heterocycles. The minimum atomic E-state index is -0.452. The number of nitro benzene ring substituents is 1. The molecule has 0 aliphatic heterocycles. The number of nitrogens with zero attached hydrogens (tertiary/aromatic N) is 2. The topological polar surface area (TPSA) is 87.6 Å². The number of aromatic nitrogens is 1. The van der Waals surface area contributed by atoms with Crippen molar-refractivity contribution < 1.29 is 18.8 Å². The van der Waals surface area contributed by atoms with Crippen LogP contribution in [0.15, 0.2) is 52.9 Å². The second-order valence-electron chi connectivity index (χ2n) is 4.89. The summed E-state index contributed by atoms with van der Waals surface area (Å²) in [7, 11) is 3.07. The van der Waals surface area contributed by atoms with Crippen molar-refractivity contribution in [2.45, 2.75) is 0 Å². The standard InChI is InChI=1S/C17H14N2O5/c1-22-14-9-5-12(6-10-14)16-18-15(17(23-2)24-16)11-3-7-13(8-4-11)19(20)21/h3-10H,1-2H3. The third-order valence-corrected chi connectivity index (χ3v) is 3.47. The van der Waals surface area contributed by atoms with E-state index >= 15 is 0 Å². The highest BCUT2D eigenvalue weighted by atomic mass is 16.6. The van der Waals surface area contributed by atoms with Crippen molar-refractivity contribution in [1.82, 2.24) is 4.98 Å². The highest BCUT2D eigenvalue weighted by Gasteiger charge is 2.18. The van der Waals surface area contributed by atoms with E-state index in [1.165, 1.54) is 19.2 Å². The number of methoxy groups -OCH3 is 2. The fourth-order valence-electron chi connectivity index (χ4n) is 2.22. The van der Waals surface area contributed by atoms with Gasteiger partial charge in [-0.15, -0.1) is 0 Å². The molecule has 1 heterocycles. The van der Waals surface area contributed by atoms with E-state index in [4.69, 9.17) is 13.9 Å². The molecular formula is C17H14N2O5. The number of oxazole rings is 1. The molecule has 0 radical (unpaired) electrons. The maximum absolute atomic E-state index is 10.7. The SMILES string of the molecule is COc1ccc(-c2nc(-c3ccc([N+](=O)[O-])cc3)c(OC)o2)cc1. The Bertz CT molecular complexity index is 854. The van der Waals surface area contributed by atoms with Gasteiger partial charge in [0.05, 0.1) is 19.1 Å². The molecular weight excluding hydrogens is 312 g/mol. The van der Waals surface area contributed by atoms with Crippen molar-refractivity contribution >= 4 is 5.69 Å². The maximum atomic E-state index is 10.7. The first-order valence-electron chi connectivity index (χ1n) is 7.06. The first kappa shape index (κ1) is 15.5. The normalized spacial score (nSPS) is 10.4. The van der Waals surface area contributed by atoms with Gasteiger partial charge in [-0.3, -0.25) is 10.1 Å². The summed E-state index contributed by atoms with van der Waals surface area (Å²) in [5.74, 6) is 1.37. The average Bonchev–Trinajstić information content (AvgIpc) is 3.06. The predicted octanol–water partition coefficient (Wildman–Crippen LogP) is 3.93. The second-order valence-corrected chi connectivity index (χ2v) is 4.89. The van der Waals surface area contributed by atoms with Crippen molar-refractivity contribution in [3.8, 4) is 34.4 Å². The van der Waals surface area contributed by atoms with Gasteiger partial charge in [-0.25, -0.2) is 4.98 Å². The van der Waals surface area contributed by atoms with Crippen LogP contribution >= 0.6 is 0 Å². The lowest BCUT2D eigenvalue weighted by atomic mass is 10.1. The quantitative estimate of drug-likeness (QED) is 0.521. The smallest absolute Gasteiger partial charge is 0.313 e. The Labute approximate surface area is 137 Å². The van der Waals surface area contributed by atoms with Gasteiger partial charge >= 0.3 is 5.95 Å². The van der Waals surface area contributed by atoms with Crippen LogP contribution in [0, 0.1) is 10.1 Å². The minimum absolute atomic E-state index is 0.0107. The summed E-state index contributed by atoms with van der Waals surface area (Å²) < 4.78 is 16.0. The fourth-order valence-corrected chi connectivity index (χ4v) is 2.22. The molecule has 24 heavy (non-hydrogen) atoms. The zero-order valence-corrected chi connectivity index (χ0v) is 13.1. The molecule has 7 heteroatoms. The molecule has 0 aliphatic rings. The number of hydrogen-bond acceptors (Lipinski definition) is 6. The fraction of sp³-hybridized carbons (Fsp3) is 0.118. The van der Waals surface area contributed by atoms with Gasteiger partial charge in [0, 0.05) is 23.3 Å². The van der Waals surface area contributed by atoms with Crippen LogP contribution < -0.4 is 9.47 Å². The zero-order chi connectivity index (χ0) is 17.1. The van der Waals surface area contributed by atoms with E-state index in [0.717, 1.165) is 11.3 Å². The number of non-ortho nitro benzene ring substituents is 1. The summed E-state index contributed by atoms with van der Waals surface area (Å²) in [5.41, 5.74) is 1.93. The lowest BCUT2D eigenvalue weighted by molar-refractivity contribution is -0.384. The van der Waals surface area contributed by atoms with Gasteiger partial charge in [0.2, 0.25) is 5.89 Å². The third kappa shape index (κ3) is 2.91. The monoisotopic (exact) mass is 326 g/mol. The largest absolute Gasteiger partial charge is 0.497 e. The molecule has 0 bridgehead atoms. The molecule has 2 aromatic carbocycles. The van der Waals surface area contributed by atoms with Crippen molar-refractivity contribution in [1.29, 1.82) is 0 Å². The number of hydrogen-bond donors (Lipinski definition) is 0. The number of benzene rings is 2. The molecule has 0 amide bonds. The molecule has 0 spiro atoms. The summed E-state index contributed by atoms with van der Waals surface area (Å²) in [5, 5.41) is 10.7. The van der Waals surface area contributed by atoms with E-state index in [1.54, 1.807) is 31.4 Å². The Kier molecular flexibility index (Phi) is 4.15. The summed E-state index contributed by atoms with van der Waals surface area (Å²) in [6.07, 6.45) is 0. The molecule has 0 unspecified atom stereocenters. The second kappa shape index (κ2) is 6.41. The Morgan fingerprint density at radius 3 is 2.12 bits per heavy atom. The highest BCUT2D eigenvalue weighted by molar-refractivity contribution is 5.69. The van der Waals surface area contributed by atoms with Crippen LogP contribution in [0.3, 0.4) is 0 Å². The molecule has 122 valence electrons. The lowest BCUT2D eigenvalue weighted by Gasteiger charge is -1.99. The summed E-state index contributed by atoms with van der Waals surface area (Å²) in [4.78, 5) is 14.7. The Hall–Kier alpha value is -3.35. The van der Waals surface area contributed by atoms with Gasteiger partial charge in [-0.1, -0.05) is 0 Å². The molecule has 0 saturated carbocycles. The Balaban J connectivity index is 1.99. The van der Waals surface area contributed by atoms with Crippen LogP contribution in [0.2, 0.25) is 0 Å². The Morgan fingerprint density at radius 2 is 1.58 bits per heavy atom. The van der Waals surface area contributed by atoms with Crippen LogP contribution in [0.25, 0.3) is 22.7 Å². The molecule has 7 nitrogen and oxygen atoms in total. The average molecular weight is 326 g/mol. The first-order valence-corrected chi connectivity index (χ1v) is 7.06. The van der Waals surface area contributed by atoms with Gasteiger partial charge in [-0.2, -0.15) is 0 Å². The number of nitro groups is 1. The summed E-state index contributed by atoms with van der Waals surface area (Å²) in [6, 6.07) is 13.3. The van der Waals surface area contributed by atoms with E-state index in [1.807, 2.05) is 12.1 Å². The maximum Gasteiger partial charge on any atom is 0.313 e.